The van der Waals surface area contributed by atoms with Crippen LogP contribution in [-0.4, -0.2) is 22.0 Å². The van der Waals surface area contributed by atoms with Crippen LogP contribution in [0.3, 0.4) is 0 Å². The Kier molecular flexibility index (Phi) is 4.46. The zero-order valence-corrected chi connectivity index (χ0v) is 11.4. The Morgan fingerprint density at radius 2 is 1.90 bits per heavy atom. The Labute approximate surface area is 122 Å². The highest BCUT2D eigenvalue weighted by Gasteiger charge is 2.10. The highest BCUT2D eigenvalue weighted by molar-refractivity contribution is 6.05. The zero-order chi connectivity index (χ0) is 15.2. The quantitative estimate of drug-likeness (QED) is 0.845. The van der Waals surface area contributed by atoms with Crippen LogP contribution in [0.5, 0.6) is 0 Å². The van der Waals surface area contributed by atoms with E-state index in [2.05, 4.69) is 10.3 Å². The van der Waals surface area contributed by atoms with E-state index in [4.69, 9.17) is 5.11 Å². The third kappa shape index (κ3) is 4.01. The van der Waals surface area contributed by atoms with E-state index in [1.807, 2.05) is 19.1 Å². The van der Waals surface area contributed by atoms with Crippen LogP contribution in [0, 0.1) is 6.92 Å². The van der Waals surface area contributed by atoms with Crippen molar-refractivity contribution in [2.24, 2.45) is 0 Å². The largest absolute Gasteiger partial charge is 0.478 e. The van der Waals surface area contributed by atoms with E-state index >= 15 is 0 Å². The summed E-state index contributed by atoms with van der Waals surface area (Å²) in [7, 11) is 0. The molecule has 0 bridgehead atoms. The standard InChI is InChI=1S/C16H14N2O3/c1-11-5-4-6-12(17-11)9-10-15(19)18-14-8-3-2-7-13(14)16(20)21/h2-10H,1H3,(H,18,19)(H,20,21). The number of para-hydroxylation sites is 1. The van der Waals surface area contributed by atoms with Crippen molar-refractivity contribution in [3.05, 3.63) is 65.5 Å². The molecule has 2 rings (SSSR count). The fraction of sp³-hybridized carbons (Fsp3) is 0.0625. The molecule has 0 radical (unpaired) electrons. The first-order valence-corrected chi connectivity index (χ1v) is 6.31. The summed E-state index contributed by atoms with van der Waals surface area (Å²) in [4.78, 5) is 27.1. The molecule has 0 aliphatic carbocycles. The first-order valence-electron chi connectivity index (χ1n) is 6.31. The van der Waals surface area contributed by atoms with Crippen LogP contribution in [0.2, 0.25) is 0 Å². The minimum absolute atomic E-state index is 0.0490. The number of nitrogens with zero attached hydrogens (tertiary/aromatic N) is 1. The summed E-state index contributed by atoms with van der Waals surface area (Å²) in [6, 6.07) is 11.7. The first-order chi connectivity index (χ1) is 10.1. The molecule has 0 aliphatic rings. The molecule has 0 unspecified atom stereocenters. The topological polar surface area (TPSA) is 79.3 Å². The van der Waals surface area contributed by atoms with Gasteiger partial charge in [-0.25, -0.2) is 4.79 Å². The summed E-state index contributed by atoms with van der Waals surface area (Å²) in [6.45, 7) is 1.86. The summed E-state index contributed by atoms with van der Waals surface area (Å²) < 4.78 is 0. The molecule has 1 amide bonds. The van der Waals surface area contributed by atoms with Crippen LogP contribution >= 0.6 is 0 Å². The number of hydrogen-bond donors (Lipinski definition) is 2. The molecule has 0 fully saturated rings. The van der Waals surface area contributed by atoms with E-state index in [9.17, 15) is 9.59 Å². The summed E-state index contributed by atoms with van der Waals surface area (Å²) in [5.41, 5.74) is 1.83. The first kappa shape index (κ1) is 14.5. The molecule has 2 N–H and O–H groups in total. The van der Waals surface area contributed by atoms with Gasteiger partial charge in [0.15, 0.2) is 0 Å². The molecular weight excluding hydrogens is 268 g/mol. The lowest BCUT2D eigenvalue weighted by atomic mass is 10.2. The maximum absolute atomic E-state index is 11.8. The number of anilines is 1. The highest BCUT2D eigenvalue weighted by atomic mass is 16.4. The Morgan fingerprint density at radius 3 is 2.62 bits per heavy atom. The zero-order valence-electron chi connectivity index (χ0n) is 11.4. The number of carboxylic acid groups (broad SMARTS) is 1. The van der Waals surface area contributed by atoms with Crippen molar-refractivity contribution in [1.82, 2.24) is 4.98 Å². The summed E-state index contributed by atoms with van der Waals surface area (Å²) in [6.07, 6.45) is 2.89. The van der Waals surface area contributed by atoms with Gasteiger partial charge in [-0.2, -0.15) is 0 Å². The van der Waals surface area contributed by atoms with Gasteiger partial charge in [-0.05, 0) is 37.3 Å². The number of aryl methyl sites for hydroxylation is 1. The number of carbonyl (C=O) groups is 2. The van der Waals surface area contributed by atoms with Gasteiger partial charge in [0, 0.05) is 11.8 Å². The molecule has 0 saturated carbocycles. The second kappa shape index (κ2) is 6.47. The smallest absolute Gasteiger partial charge is 0.337 e. The van der Waals surface area contributed by atoms with E-state index in [1.165, 1.54) is 12.1 Å². The van der Waals surface area contributed by atoms with Crippen molar-refractivity contribution in [2.45, 2.75) is 6.92 Å². The van der Waals surface area contributed by atoms with Gasteiger partial charge in [0.05, 0.1) is 16.9 Å². The number of hydrogen-bond acceptors (Lipinski definition) is 3. The average Bonchev–Trinajstić information content (AvgIpc) is 2.45. The van der Waals surface area contributed by atoms with Gasteiger partial charge in [-0.1, -0.05) is 18.2 Å². The van der Waals surface area contributed by atoms with Gasteiger partial charge in [0.2, 0.25) is 5.91 Å². The average molecular weight is 282 g/mol. The van der Waals surface area contributed by atoms with E-state index in [0.29, 0.717) is 5.69 Å². The summed E-state index contributed by atoms with van der Waals surface area (Å²) in [5.74, 6) is -1.50. The summed E-state index contributed by atoms with van der Waals surface area (Å²) in [5, 5.41) is 11.6. The number of rotatable bonds is 4. The van der Waals surface area contributed by atoms with Crippen molar-refractivity contribution in [3.63, 3.8) is 0 Å². The second-order valence-electron chi connectivity index (χ2n) is 4.38. The lowest BCUT2D eigenvalue weighted by Gasteiger charge is -2.05. The molecule has 5 heteroatoms. The Hall–Kier alpha value is -2.95. The van der Waals surface area contributed by atoms with Crippen LogP contribution in [0.25, 0.3) is 6.08 Å². The molecule has 0 spiro atoms. The minimum atomic E-state index is -1.09. The second-order valence-corrected chi connectivity index (χ2v) is 4.38. The molecule has 1 heterocycles. The number of pyridine rings is 1. The highest BCUT2D eigenvalue weighted by Crippen LogP contribution is 2.14. The van der Waals surface area contributed by atoms with Crippen LogP contribution in [0.1, 0.15) is 21.7 Å². The Balaban J connectivity index is 2.10. The monoisotopic (exact) mass is 282 g/mol. The number of amides is 1. The molecule has 2 aromatic rings. The number of nitrogens with one attached hydrogen (secondary N) is 1. The van der Waals surface area contributed by atoms with Crippen LogP contribution in [0.4, 0.5) is 5.69 Å². The molecule has 1 aromatic heterocycles. The number of aromatic nitrogens is 1. The van der Waals surface area contributed by atoms with Gasteiger partial charge in [-0.3, -0.25) is 9.78 Å². The van der Waals surface area contributed by atoms with Gasteiger partial charge >= 0.3 is 5.97 Å². The third-order valence-electron chi connectivity index (χ3n) is 2.73. The van der Waals surface area contributed by atoms with E-state index < -0.39 is 11.9 Å². The lowest BCUT2D eigenvalue weighted by molar-refractivity contribution is -0.111. The van der Waals surface area contributed by atoms with Gasteiger partial charge in [-0.15, -0.1) is 0 Å². The SMILES string of the molecule is Cc1cccc(C=CC(=O)Nc2ccccc2C(=O)O)n1. The predicted octanol–water partition coefficient (Wildman–Crippen LogP) is 2.74. The molecule has 21 heavy (non-hydrogen) atoms. The predicted molar refractivity (Wildman–Crippen MR) is 80.0 cm³/mol. The van der Waals surface area contributed by atoms with Crippen molar-refractivity contribution in [1.29, 1.82) is 0 Å². The Morgan fingerprint density at radius 1 is 1.14 bits per heavy atom. The van der Waals surface area contributed by atoms with Crippen LogP contribution in [-0.2, 0) is 4.79 Å². The number of carboxylic acids is 1. The molecule has 0 aliphatic heterocycles. The number of benzene rings is 1. The number of aromatic carboxylic acids is 1. The minimum Gasteiger partial charge on any atom is -0.478 e. The maximum atomic E-state index is 11.8. The fourth-order valence-corrected chi connectivity index (χ4v) is 1.77. The molecule has 5 nitrogen and oxygen atoms in total. The molecule has 0 saturated heterocycles. The van der Waals surface area contributed by atoms with Crippen LogP contribution in [0.15, 0.2) is 48.5 Å². The van der Waals surface area contributed by atoms with Crippen molar-refractivity contribution >= 4 is 23.6 Å². The summed E-state index contributed by atoms with van der Waals surface area (Å²) >= 11 is 0. The van der Waals surface area contributed by atoms with Gasteiger partial charge in [0.1, 0.15) is 0 Å². The fourth-order valence-electron chi connectivity index (χ4n) is 1.77. The van der Waals surface area contributed by atoms with Gasteiger partial charge < -0.3 is 10.4 Å². The van der Waals surface area contributed by atoms with E-state index in [1.54, 1.807) is 30.3 Å². The molecule has 0 atom stereocenters. The van der Waals surface area contributed by atoms with Crippen molar-refractivity contribution in [3.8, 4) is 0 Å². The number of carbonyl (C=O) groups excluding carboxylic acids is 1. The van der Waals surface area contributed by atoms with E-state index in [0.717, 1.165) is 5.69 Å². The van der Waals surface area contributed by atoms with Crippen molar-refractivity contribution < 1.29 is 14.7 Å². The van der Waals surface area contributed by atoms with Gasteiger partial charge in [0.25, 0.3) is 0 Å². The molecule has 106 valence electrons. The molecular formula is C16H14N2O3. The third-order valence-corrected chi connectivity index (χ3v) is 2.73. The lowest BCUT2D eigenvalue weighted by Crippen LogP contribution is -2.11. The van der Waals surface area contributed by atoms with Crippen molar-refractivity contribution in [2.75, 3.05) is 5.32 Å². The molecule has 1 aromatic carbocycles. The normalized spacial score (nSPS) is 10.5. The van der Waals surface area contributed by atoms with E-state index in [-0.39, 0.29) is 11.3 Å². The maximum Gasteiger partial charge on any atom is 0.337 e. The Bertz CT molecular complexity index is 708. The van der Waals surface area contributed by atoms with Crippen LogP contribution < -0.4 is 5.32 Å².